The van der Waals surface area contributed by atoms with Gasteiger partial charge in [-0.3, -0.25) is 10.1 Å². The molecule has 1 N–H and O–H groups in total. The topological polar surface area (TPSA) is 35.6 Å². The first kappa shape index (κ1) is 16.4. The minimum Gasteiger partial charge on any atom is -0.326 e. The number of unbranched alkanes of at least 4 members (excludes halogenated alkanes) is 1. The van der Waals surface area contributed by atoms with Gasteiger partial charge in [0.25, 0.3) is 0 Å². The van der Waals surface area contributed by atoms with Crippen LogP contribution in [-0.4, -0.2) is 54.1 Å². The SMILES string of the molecule is CC1NC(C(C)C)N(CCCCN(C)C(C)C)C1=O. The zero-order chi connectivity index (χ0) is 14.6. The zero-order valence-corrected chi connectivity index (χ0v) is 13.4. The van der Waals surface area contributed by atoms with Crippen molar-refractivity contribution < 1.29 is 4.79 Å². The molecule has 1 rings (SSSR count). The number of rotatable bonds is 7. The van der Waals surface area contributed by atoms with Crippen LogP contribution in [0.5, 0.6) is 0 Å². The zero-order valence-electron chi connectivity index (χ0n) is 13.4. The number of carbonyl (C=O) groups excluding carboxylic acids is 1. The smallest absolute Gasteiger partial charge is 0.240 e. The monoisotopic (exact) mass is 269 g/mol. The molecule has 1 aliphatic rings. The second kappa shape index (κ2) is 7.25. The van der Waals surface area contributed by atoms with E-state index >= 15 is 0 Å². The molecule has 1 fully saturated rings. The second-order valence-electron chi connectivity index (χ2n) is 6.39. The third-order valence-corrected chi connectivity index (χ3v) is 4.08. The molecule has 1 heterocycles. The molecule has 2 atom stereocenters. The van der Waals surface area contributed by atoms with E-state index in [4.69, 9.17) is 0 Å². The number of hydrogen-bond donors (Lipinski definition) is 1. The summed E-state index contributed by atoms with van der Waals surface area (Å²) in [6, 6.07) is 0.573. The quantitative estimate of drug-likeness (QED) is 0.717. The lowest BCUT2D eigenvalue weighted by atomic mass is 10.1. The Kier molecular flexibility index (Phi) is 6.27. The van der Waals surface area contributed by atoms with Crippen LogP contribution >= 0.6 is 0 Å². The van der Waals surface area contributed by atoms with E-state index < -0.39 is 0 Å². The van der Waals surface area contributed by atoms with Gasteiger partial charge in [-0.2, -0.15) is 0 Å². The van der Waals surface area contributed by atoms with E-state index in [1.807, 2.05) is 11.8 Å². The summed E-state index contributed by atoms with van der Waals surface area (Å²) in [5.41, 5.74) is 0. The van der Waals surface area contributed by atoms with Crippen molar-refractivity contribution in [2.75, 3.05) is 20.1 Å². The summed E-state index contributed by atoms with van der Waals surface area (Å²) in [5.74, 6) is 0.725. The van der Waals surface area contributed by atoms with Crippen LogP contribution in [-0.2, 0) is 4.79 Å². The van der Waals surface area contributed by atoms with E-state index in [0.717, 1.165) is 25.9 Å². The maximum atomic E-state index is 12.1. The number of nitrogens with zero attached hydrogens (tertiary/aromatic N) is 2. The largest absolute Gasteiger partial charge is 0.326 e. The molecule has 0 saturated carbocycles. The first-order chi connectivity index (χ1) is 8.84. The highest BCUT2D eigenvalue weighted by Crippen LogP contribution is 2.18. The molecule has 0 aromatic rings. The molecule has 1 aliphatic heterocycles. The van der Waals surface area contributed by atoms with Crippen LogP contribution in [0.15, 0.2) is 0 Å². The lowest BCUT2D eigenvalue weighted by molar-refractivity contribution is -0.130. The van der Waals surface area contributed by atoms with Crippen LogP contribution in [0.2, 0.25) is 0 Å². The fraction of sp³-hybridized carbons (Fsp3) is 0.933. The Morgan fingerprint density at radius 1 is 1.26 bits per heavy atom. The molecule has 0 aromatic carbocycles. The van der Waals surface area contributed by atoms with Gasteiger partial charge in [0.1, 0.15) is 0 Å². The van der Waals surface area contributed by atoms with E-state index in [0.29, 0.717) is 12.0 Å². The average molecular weight is 269 g/mol. The van der Waals surface area contributed by atoms with Gasteiger partial charge in [0.2, 0.25) is 5.91 Å². The van der Waals surface area contributed by atoms with Crippen LogP contribution in [0, 0.1) is 5.92 Å². The first-order valence-corrected chi connectivity index (χ1v) is 7.61. The fourth-order valence-electron chi connectivity index (χ4n) is 2.51. The molecule has 0 radical (unpaired) electrons. The highest BCUT2D eigenvalue weighted by molar-refractivity contribution is 5.83. The molecule has 112 valence electrons. The van der Waals surface area contributed by atoms with Gasteiger partial charge in [-0.15, -0.1) is 0 Å². The van der Waals surface area contributed by atoms with E-state index in [2.05, 4.69) is 45.0 Å². The molecule has 0 aromatic heterocycles. The van der Waals surface area contributed by atoms with Crippen LogP contribution in [0.25, 0.3) is 0 Å². The van der Waals surface area contributed by atoms with Crippen molar-refractivity contribution in [1.29, 1.82) is 0 Å². The Hall–Kier alpha value is -0.610. The van der Waals surface area contributed by atoms with Gasteiger partial charge in [0, 0.05) is 12.6 Å². The van der Waals surface area contributed by atoms with Gasteiger partial charge in [0.15, 0.2) is 0 Å². The molecule has 4 nitrogen and oxygen atoms in total. The van der Waals surface area contributed by atoms with Crippen molar-refractivity contribution in [2.45, 2.75) is 65.7 Å². The van der Waals surface area contributed by atoms with Crippen LogP contribution in [0.4, 0.5) is 0 Å². The molecule has 19 heavy (non-hydrogen) atoms. The molecule has 0 aliphatic carbocycles. The van der Waals surface area contributed by atoms with Gasteiger partial charge in [-0.1, -0.05) is 13.8 Å². The highest BCUT2D eigenvalue weighted by atomic mass is 16.2. The third-order valence-electron chi connectivity index (χ3n) is 4.08. The Labute approximate surface area is 118 Å². The summed E-state index contributed by atoms with van der Waals surface area (Å²) in [4.78, 5) is 16.5. The van der Waals surface area contributed by atoms with Crippen molar-refractivity contribution in [1.82, 2.24) is 15.1 Å². The summed E-state index contributed by atoms with van der Waals surface area (Å²) in [6.07, 6.45) is 2.45. The Morgan fingerprint density at radius 2 is 1.89 bits per heavy atom. The molecule has 4 heteroatoms. The Morgan fingerprint density at radius 3 is 2.42 bits per heavy atom. The molecule has 2 unspecified atom stereocenters. The normalized spacial score (nSPS) is 24.3. The van der Waals surface area contributed by atoms with E-state index in [1.54, 1.807) is 0 Å². The molecular formula is C15H31N3O. The summed E-state index contributed by atoms with van der Waals surface area (Å²) < 4.78 is 0. The Balaban J connectivity index is 2.36. The van der Waals surface area contributed by atoms with Gasteiger partial charge >= 0.3 is 0 Å². The number of amides is 1. The number of carbonyl (C=O) groups is 1. The summed E-state index contributed by atoms with van der Waals surface area (Å²) >= 11 is 0. The fourth-order valence-corrected chi connectivity index (χ4v) is 2.51. The number of nitrogens with one attached hydrogen (secondary N) is 1. The van der Waals surface area contributed by atoms with Gasteiger partial charge < -0.3 is 9.80 Å². The standard InChI is InChI=1S/C15H31N3O/c1-11(2)14-16-13(5)15(19)18(14)10-8-7-9-17(6)12(3)4/h11-14,16H,7-10H2,1-6H3. The predicted octanol–water partition coefficient (Wildman–Crippen LogP) is 1.91. The summed E-state index contributed by atoms with van der Waals surface area (Å²) in [6.45, 7) is 12.7. The molecule has 1 amide bonds. The van der Waals surface area contributed by atoms with Gasteiger partial charge in [-0.05, 0) is 53.1 Å². The van der Waals surface area contributed by atoms with Crippen LogP contribution in [0.1, 0.15) is 47.5 Å². The lowest BCUT2D eigenvalue weighted by Crippen LogP contribution is -2.42. The maximum absolute atomic E-state index is 12.1. The average Bonchev–Trinajstić information content (AvgIpc) is 2.62. The predicted molar refractivity (Wildman–Crippen MR) is 79.9 cm³/mol. The van der Waals surface area contributed by atoms with Crippen molar-refractivity contribution in [3.63, 3.8) is 0 Å². The summed E-state index contributed by atoms with van der Waals surface area (Å²) in [7, 11) is 2.16. The van der Waals surface area contributed by atoms with Crippen LogP contribution < -0.4 is 5.32 Å². The van der Waals surface area contributed by atoms with E-state index in [9.17, 15) is 4.79 Å². The van der Waals surface area contributed by atoms with Crippen molar-refractivity contribution in [2.24, 2.45) is 5.92 Å². The van der Waals surface area contributed by atoms with Gasteiger partial charge in [-0.25, -0.2) is 0 Å². The Bertz CT molecular complexity index is 291. The molecule has 0 spiro atoms. The van der Waals surface area contributed by atoms with Crippen molar-refractivity contribution in [3.8, 4) is 0 Å². The van der Waals surface area contributed by atoms with Crippen molar-refractivity contribution in [3.05, 3.63) is 0 Å². The summed E-state index contributed by atoms with van der Waals surface area (Å²) in [5, 5.41) is 3.39. The minimum absolute atomic E-state index is 0.0225. The van der Waals surface area contributed by atoms with Crippen molar-refractivity contribution >= 4 is 5.91 Å². The second-order valence-corrected chi connectivity index (χ2v) is 6.39. The first-order valence-electron chi connectivity index (χ1n) is 7.61. The third kappa shape index (κ3) is 4.46. The van der Waals surface area contributed by atoms with E-state index in [1.165, 1.54) is 0 Å². The highest BCUT2D eigenvalue weighted by Gasteiger charge is 2.36. The molecular weight excluding hydrogens is 238 g/mol. The molecule has 0 bridgehead atoms. The van der Waals surface area contributed by atoms with Gasteiger partial charge in [0.05, 0.1) is 12.2 Å². The van der Waals surface area contributed by atoms with E-state index in [-0.39, 0.29) is 18.1 Å². The minimum atomic E-state index is -0.0225. The molecule has 1 saturated heterocycles. The lowest BCUT2D eigenvalue weighted by Gasteiger charge is -2.28. The van der Waals surface area contributed by atoms with Crippen LogP contribution in [0.3, 0.4) is 0 Å². The maximum Gasteiger partial charge on any atom is 0.240 e. The number of hydrogen-bond acceptors (Lipinski definition) is 3.